The quantitative estimate of drug-likeness (QED) is 0.195. The van der Waals surface area contributed by atoms with E-state index in [-0.39, 0.29) is 16.7 Å². The average Bonchev–Trinajstić information content (AvgIpc) is 3.21. The van der Waals surface area contributed by atoms with Gasteiger partial charge in [0.05, 0.1) is 36.5 Å². The lowest BCUT2D eigenvalue weighted by Gasteiger charge is -2.26. The first kappa shape index (κ1) is 28.4. The van der Waals surface area contributed by atoms with Gasteiger partial charge in [-0.05, 0) is 78.9 Å². The SMILES string of the molecule is CCCOc1ccc(C2/C(=C(/O)c3ccc(OCC)c(C(C)(C)C)c3)C(=O)C(=O)N2c2ccc(C#N)cc2)cc1. The monoisotopic (exact) mass is 538 g/mol. The Bertz CT molecular complexity index is 1480. The predicted molar refractivity (Wildman–Crippen MR) is 154 cm³/mol. The minimum Gasteiger partial charge on any atom is -0.507 e. The van der Waals surface area contributed by atoms with Crippen molar-refractivity contribution in [2.75, 3.05) is 18.1 Å². The molecule has 3 aromatic carbocycles. The number of ketones is 1. The topological polar surface area (TPSA) is 99.9 Å². The number of carbonyl (C=O) groups excluding carboxylic acids is 2. The molecule has 0 bridgehead atoms. The van der Waals surface area contributed by atoms with Crippen LogP contribution in [0.2, 0.25) is 0 Å². The molecule has 206 valence electrons. The lowest BCUT2D eigenvalue weighted by molar-refractivity contribution is -0.132. The first-order valence-electron chi connectivity index (χ1n) is 13.4. The van der Waals surface area contributed by atoms with Crippen molar-refractivity contribution in [3.63, 3.8) is 0 Å². The summed E-state index contributed by atoms with van der Waals surface area (Å²) in [5.41, 5.74) is 2.48. The molecule has 0 aliphatic carbocycles. The van der Waals surface area contributed by atoms with E-state index in [0.29, 0.717) is 47.1 Å². The number of ether oxygens (including phenoxy) is 2. The number of hydrogen-bond acceptors (Lipinski definition) is 6. The van der Waals surface area contributed by atoms with Crippen LogP contribution >= 0.6 is 0 Å². The maximum atomic E-state index is 13.6. The molecule has 1 aliphatic rings. The van der Waals surface area contributed by atoms with E-state index in [0.717, 1.165) is 12.0 Å². The third kappa shape index (κ3) is 5.57. The number of nitrogens with zero attached hydrogens (tertiary/aromatic N) is 2. The van der Waals surface area contributed by atoms with Crippen LogP contribution in [-0.4, -0.2) is 30.0 Å². The number of carbonyl (C=O) groups is 2. The number of anilines is 1. The van der Waals surface area contributed by atoms with E-state index >= 15 is 0 Å². The summed E-state index contributed by atoms with van der Waals surface area (Å²) in [7, 11) is 0. The van der Waals surface area contributed by atoms with Crippen LogP contribution in [0.15, 0.2) is 72.3 Å². The smallest absolute Gasteiger partial charge is 0.300 e. The Hall–Kier alpha value is -4.57. The summed E-state index contributed by atoms with van der Waals surface area (Å²) in [6.07, 6.45) is 0.860. The fourth-order valence-corrected chi connectivity index (χ4v) is 4.78. The summed E-state index contributed by atoms with van der Waals surface area (Å²) in [5.74, 6) is -0.445. The predicted octanol–water partition coefficient (Wildman–Crippen LogP) is 6.67. The maximum absolute atomic E-state index is 13.6. The normalized spacial score (nSPS) is 16.6. The van der Waals surface area contributed by atoms with Gasteiger partial charge in [-0.25, -0.2) is 0 Å². The number of benzene rings is 3. The van der Waals surface area contributed by atoms with Crippen LogP contribution in [0.4, 0.5) is 5.69 Å². The largest absolute Gasteiger partial charge is 0.507 e. The van der Waals surface area contributed by atoms with Gasteiger partial charge in [0, 0.05) is 16.8 Å². The number of aliphatic hydroxyl groups is 1. The minimum absolute atomic E-state index is 0.0133. The van der Waals surface area contributed by atoms with Gasteiger partial charge < -0.3 is 14.6 Å². The third-order valence-corrected chi connectivity index (χ3v) is 6.75. The Morgan fingerprint density at radius 2 is 1.65 bits per heavy atom. The second-order valence-corrected chi connectivity index (χ2v) is 10.6. The van der Waals surface area contributed by atoms with Crippen molar-refractivity contribution in [1.82, 2.24) is 0 Å². The second kappa shape index (κ2) is 11.7. The van der Waals surface area contributed by atoms with E-state index in [1.165, 1.54) is 4.90 Å². The molecule has 7 heteroatoms. The molecule has 1 heterocycles. The molecule has 0 saturated carbocycles. The summed E-state index contributed by atoms with van der Waals surface area (Å²) in [6.45, 7) is 11.1. The van der Waals surface area contributed by atoms with Crippen LogP contribution in [0.3, 0.4) is 0 Å². The highest BCUT2D eigenvalue weighted by Gasteiger charge is 2.47. The highest BCUT2D eigenvalue weighted by molar-refractivity contribution is 6.51. The van der Waals surface area contributed by atoms with Crippen molar-refractivity contribution in [2.45, 2.75) is 52.5 Å². The van der Waals surface area contributed by atoms with Gasteiger partial charge in [-0.2, -0.15) is 5.26 Å². The fraction of sp³-hybridized carbons (Fsp3) is 0.303. The Morgan fingerprint density at radius 3 is 2.23 bits per heavy atom. The Morgan fingerprint density at radius 1 is 0.975 bits per heavy atom. The first-order valence-corrected chi connectivity index (χ1v) is 13.4. The zero-order valence-electron chi connectivity index (χ0n) is 23.5. The van der Waals surface area contributed by atoms with Crippen molar-refractivity contribution in [3.05, 3.63) is 94.6 Å². The summed E-state index contributed by atoms with van der Waals surface area (Å²) in [5, 5.41) is 20.9. The molecule has 1 N–H and O–H groups in total. The Balaban J connectivity index is 1.90. The summed E-state index contributed by atoms with van der Waals surface area (Å²) in [4.78, 5) is 28.4. The molecule has 0 spiro atoms. The molecule has 7 nitrogen and oxygen atoms in total. The molecule has 4 rings (SSSR count). The first-order chi connectivity index (χ1) is 19.1. The highest BCUT2D eigenvalue weighted by atomic mass is 16.5. The molecule has 3 aromatic rings. The van der Waals surface area contributed by atoms with Crippen LogP contribution in [-0.2, 0) is 15.0 Å². The molecule has 0 radical (unpaired) electrons. The van der Waals surface area contributed by atoms with Crippen LogP contribution in [0.25, 0.3) is 5.76 Å². The molecule has 1 aliphatic heterocycles. The number of rotatable bonds is 8. The molecule has 1 atom stereocenters. The van der Waals surface area contributed by atoms with Gasteiger partial charge in [0.1, 0.15) is 17.3 Å². The van der Waals surface area contributed by atoms with Crippen molar-refractivity contribution in [1.29, 1.82) is 5.26 Å². The van der Waals surface area contributed by atoms with E-state index in [4.69, 9.17) is 9.47 Å². The number of Topliss-reactive ketones (excluding diaryl/α,β-unsaturated/α-hetero) is 1. The molecule has 1 saturated heterocycles. The molecule has 1 unspecified atom stereocenters. The van der Waals surface area contributed by atoms with Crippen LogP contribution in [0.5, 0.6) is 11.5 Å². The van der Waals surface area contributed by atoms with Gasteiger partial charge in [-0.3, -0.25) is 14.5 Å². The van der Waals surface area contributed by atoms with Gasteiger partial charge in [0.15, 0.2) is 0 Å². The lowest BCUT2D eigenvalue weighted by atomic mass is 9.84. The zero-order valence-corrected chi connectivity index (χ0v) is 23.5. The van der Waals surface area contributed by atoms with Crippen molar-refractivity contribution in [2.24, 2.45) is 0 Å². The Kier molecular flexibility index (Phi) is 8.29. The van der Waals surface area contributed by atoms with Crippen LogP contribution in [0.1, 0.15) is 69.3 Å². The van der Waals surface area contributed by atoms with Gasteiger partial charge in [0.2, 0.25) is 0 Å². The van der Waals surface area contributed by atoms with Gasteiger partial charge >= 0.3 is 0 Å². The van der Waals surface area contributed by atoms with Gasteiger partial charge in [-0.1, -0.05) is 39.8 Å². The number of aliphatic hydroxyl groups excluding tert-OH is 1. The molecule has 40 heavy (non-hydrogen) atoms. The van der Waals surface area contributed by atoms with Crippen molar-refractivity contribution >= 4 is 23.1 Å². The molecular weight excluding hydrogens is 504 g/mol. The van der Waals surface area contributed by atoms with E-state index in [1.807, 2.05) is 40.7 Å². The highest BCUT2D eigenvalue weighted by Crippen LogP contribution is 2.43. The standard InChI is InChI=1S/C33H34N2O5/c1-6-18-40-25-15-10-22(11-16-25)29-28(31(37)32(38)35(29)24-13-8-21(20-34)9-14-24)30(36)23-12-17-27(39-7-2)26(19-23)33(3,4)5/h8-17,19,29,36H,6-7,18H2,1-5H3/b30-28-. The summed E-state index contributed by atoms with van der Waals surface area (Å²) in [6, 6.07) is 20.1. The number of hydrogen-bond donors (Lipinski definition) is 1. The van der Waals surface area contributed by atoms with Gasteiger partial charge in [-0.15, -0.1) is 0 Å². The molecule has 1 fully saturated rings. The number of amides is 1. The minimum atomic E-state index is -0.891. The van der Waals surface area contributed by atoms with Crippen LogP contribution in [0, 0.1) is 11.3 Å². The van der Waals surface area contributed by atoms with E-state index in [9.17, 15) is 20.0 Å². The van der Waals surface area contributed by atoms with E-state index < -0.39 is 17.7 Å². The molecular formula is C33H34N2O5. The van der Waals surface area contributed by atoms with Crippen molar-refractivity contribution in [3.8, 4) is 17.6 Å². The molecule has 0 aromatic heterocycles. The van der Waals surface area contributed by atoms with E-state index in [1.54, 1.807) is 60.7 Å². The van der Waals surface area contributed by atoms with E-state index in [2.05, 4.69) is 6.07 Å². The number of nitriles is 1. The summed E-state index contributed by atoms with van der Waals surface area (Å²) < 4.78 is 11.5. The summed E-state index contributed by atoms with van der Waals surface area (Å²) >= 11 is 0. The van der Waals surface area contributed by atoms with Crippen molar-refractivity contribution < 1.29 is 24.2 Å². The Labute approximate surface area is 235 Å². The lowest BCUT2D eigenvalue weighted by Crippen LogP contribution is -2.29. The zero-order chi connectivity index (χ0) is 29.0. The van der Waals surface area contributed by atoms with Gasteiger partial charge in [0.25, 0.3) is 11.7 Å². The maximum Gasteiger partial charge on any atom is 0.300 e. The van der Waals surface area contributed by atoms with Crippen LogP contribution < -0.4 is 14.4 Å². The fourth-order valence-electron chi connectivity index (χ4n) is 4.78. The molecule has 1 amide bonds. The average molecular weight is 539 g/mol. The second-order valence-electron chi connectivity index (χ2n) is 10.6. The third-order valence-electron chi connectivity index (χ3n) is 6.75.